The third-order valence-electron chi connectivity index (χ3n) is 1.50. The molecule has 0 amide bonds. The van der Waals surface area contributed by atoms with E-state index < -0.39 is 0 Å². The van der Waals surface area contributed by atoms with Crippen LogP contribution in [0.4, 0.5) is 0 Å². The Hall–Kier alpha value is -2.14. The maximum absolute atomic E-state index is 4.09. The quantitative estimate of drug-likeness (QED) is 0.504. The van der Waals surface area contributed by atoms with E-state index in [0.717, 1.165) is 0 Å². The summed E-state index contributed by atoms with van der Waals surface area (Å²) in [5.74, 6) is 5.83. The fourth-order valence-electron chi connectivity index (χ4n) is 0.752. The first kappa shape index (κ1) is 13.9. The predicted molar refractivity (Wildman–Crippen MR) is 72.7 cm³/mol. The van der Waals surface area contributed by atoms with Gasteiger partial charge in [-0.3, -0.25) is 0 Å². The average Bonchev–Trinajstić information content (AvgIpc) is 2.33. The number of aliphatic imine (C=N–C) groups is 2. The molecule has 0 saturated carbocycles. The lowest BCUT2D eigenvalue weighted by molar-refractivity contribution is 1.41. The number of rotatable bonds is 4. The van der Waals surface area contributed by atoms with Crippen LogP contribution in [0.2, 0.25) is 0 Å². The van der Waals surface area contributed by atoms with Gasteiger partial charge in [0.25, 0.3) is 0 Å². The largest absolute Gasteiger partial charge is 0.248 e. The Morgan fingerprint density at radius 1 is 0.875 bits per heavy atom. The Labute approximate surface area is 97.5 Å². The van der Waals surface area contributed by atoms with Gasteiger partial charge in [-0.2, -0.15) is 0 Å². The molecule has 0 bridgehead atoms. The first-order valence-corrected chi connectivity index (χ1v) is 4.93. The topological polar surface area (TPSA) is 24.7 Å². The number of hydrogen-bond donors (Lipinski definition) is 0. The third kappa shape index (κ3) is 6.33. The van der Waals surface area contributed by atoms with Crippen LogP contribution >= 0.6 is 0 Å². The minimum Gasteiger partial charge on any atom is -0.248 e. The van der Waals surface area contributed by atoms with Crippen LogP contribution < -0.4 is 0 Å². The second-order valence-corrected chi connectivity index (χ2v) is 2.63. The van der Waals surface area contributed by atoms with Crippen molar-refractivity contribution in [3.05, 3.63) is 48.9 Å². The van der Waals surface area contributed by atoms with Crippen LogP contribution in [0.15, 0.2) is 58.8 Å². The molecule has 0 unspecified atom stereocenters. The molecule has 0 atom stereocenters. The Balaban J connectivity index is 4.80. The van der Waals surface area contributed by atoms with E-state index in [4.69, 9.17) is 0 Å². The van der Waals surface area contributed by atoms with Crippen LogP contribution in [0.25, 0.3) is 0 Å². The molecule has 0 spiro atoms. The molecule has 0 rings (SSSR count). The van der Waals surface area contributed by atoms with Crippen molar-refractivity contribution in [3.63, 3.8) is 0 Å². The zero-order chi connectivity index (χ0) is 12.2. The first-order chi connectivity index (χ1) is 7.78. The fraction of sp³-hybridized carbons (Fsp3) is 0.143. The lowest BCUT2D eigenvalue weighted by atomic mass is 10.3. The van der Waals surface area contributed by atoms with Gasteiger partial charge in [0.2, 0.25) is 0 Å². The Kier molecular flexibility index (Phi) is 8.16. The van der Waals surface area contributed by atoms with Crippen LogP contribution in [0.1, 0.15) is 13.8 Å². The molecular formula is C14H16N2. The van der Waals surface area contributed by atoms with Crippen molar-refractivity contribution < 1.29 is 0 Å². The SMILES string of the molecule is C=CC=N/C(C#C/C(=C/C)N=CC=C)=C\C. The van der Waals surface area contributed by atoms with Gasteiger partial charge < -0.3 is 0 Å². The molecule has 0 N–H and O–H groups in total. The number of allylic oxidation sites excluding steroid dienone is 6. The fourth-order valence-corrected chi connectivity index (χ4v) is 0.752. The van der Waals surface area contributed by atoms with Gasteiger partial charge >= 0.3 is 0 Å². The summed E-state index contributed by atoms with van der Waals surface area (Å²) >= 11 is 0. The van der Waals surface area contributed by atoms with E-state index >= 15 is 0 Å². The highest BCUT2D eigenvalue weighted by Crippen LogP contribution is 1.97. The zero-order valence-electron chi connectivity index (χ0n) is 9.77. The van der Waals surface area contributed by atoms with Crippen LogP contribution in [0, 0.1) is 11.8 Å². The van der Waals surface area contributed by atoms with Gasteiger partial charge in [0, 0.05) is 12.4 Å². The minimum absolute atomic E-state index is 0.688. The van der Waals surface area contributed by atoms with Crippen LogP contribution in [-0.4, -0.2) is 12.4 Å². The monoisotopic (exact) mass is 212 g/mol. The second kappa shape index (κ2) is 9.42. The first-order valence-electron chi connectivity index (χ1n) is 4.93. The number of hydrogen-bond acceptors (Lipinski definition) is 2. The van der Waals surface area contributed by atoms with Crippen molar-refractivity contribution >= 4 is 12.4 Å². The van der Waals surface area contributed by atoms with Gasteiger partial charge in [0.15, 0.2) is 0 Å². The maximum atomic E-state index is 4.09. The lowest BCUT2D eigenvalue weighted by Crippen LogP contribution is -1.76. The summed E-state index contributed by atoms with van der Waals surface area (Å²) in [6.45, 7) is 10.9. The summed E-state index contributed by atoms with van der Waals surface area (Å²) < 4.78 is 0. The molecule has 0 aliphatic heterocycles. The van der Waals surface area contributed by atoms with Crippen molar-refractivity contribution in [2.24, 2.45) is 9.98 Å². The molecular weight excluding hydrogens is 196 g/mol. The molecule has 0 saturated heterocycles. The van der Waals surface area contributed by atoms with Gasteiger partial charge in [0.1, 0.15) is 11.4 Å². The normalized spacial score (nSPS) is 12.6. The zero-order valence-corrected chi connectivity index (χ0v) is 9.77. The summed E-state index contributed by atoms with van der Waals surface area (Å²) in [5.41, 5.74) is 1.38. The average molecular weight is 212 g/mol. The molecule has 0 aliphatic carbocycles. The van der Waals surface area contributed by atoms with Crippen molar-refractivity contribution in [2.45, 2.75) is 13.8 Å². The van der Waals surface area contributed by atoms with Crippen molar-refractivity contribution in [2.75, 3.05) is 0 Å². The molecule has 82 valence electrons. The summed E-state index contributed by atoms with van der Waals surface area (Å²) in [7, 11) is 0. The Morgan fingerprint density at radius 2 is 1.25 bits per heavy atom. The van der Waals surface area contributed by atoms with Crippen LogP contribution in [0.3, 0.4) is 0 Å². The third-order valence-corrected chi connectivity index (χ3v) is 1.50. The molecule has 2 nitrogen and oxygen atoms in total. The standard InChI is InChI=1S/C14H16N2/c1-5-11-15-13(7-3)9-10-14(8-4)16-12-6-2/h5-8,11-12H,1-2H2,3-4H3/b13-7-,14-8-,15-11?,16-12?. The summed E-state index contributed by atoms with van der Waals surface area (Å²) in [4.78, 5) is 8.18. The van der Waals surface area contributed by atoms with Crippen molar-refractivity contribution in [1.82, 2.24) is 0 Å². The molecule has 16 heavy (non-hydrogen) atoms. The van der Waals surface area contributed by atoms with E-state index in [0.29, 0.717) is 11.4 Å². The van der Waals surface area contributed by atoms with Gasteiger partial charge in [-0.15, -0.1) is 0 Å². The molecule has 0 radical (unpaired) electrons. The smallest absolute Gasteiger partial charge is 0.109 e. The van der Waals surface area contributed by atoms with Gasteiger partial charge in [-0.1, -0.05) is 37.5 Å². The summed E-state index contributed by atoms with van der Waals surface area (Å²) in [5, 5.41) is 0. The molecule has 0 heterocycles. The number of nitrogens with zero attached hydrogens (tertiary/aromatic N) is 2. The Morgan fingerprint density at radius 3 is 1.50 bits per heavy atom. The van der Waals surface area contributed by atoms with Gasteiger partial charge in [-0.25, -0.2) is 9.98 Å². The van der Waals surface area contributed by atoms with E-state index in [1.54, 1.807) is 24.6 Å². The molecule has 0 aromatic carbocycles. The van der Waals surface area contributed by atoms with Crippen LogP contribution in [0.5, 0.6) is 0 Å². The summed E-state index contributed by atoms with van der Waals surface area (Å²) in [6.07, 6.45) is 10.1. The Bertz CT molecular complexity index is 372. The molecule has 0 fully saturated rings. The lowest BCUT2D eigenvalue weighted by Gasteiger charge is -1.88. The molecule has 0 aliphatic rings. The minimum atomic E-state index is 0.688. The molecule has 0 aromatic rings. The van der Waals surface area contributed by atoms with E-state index in [9.17, 15) is 0 Å². The highest BCUT2D eigenvalue weighted by molar-refractivity contribution is 5.73. The second-order valence-electron chi connectivity index (χ2n) is 2.63. The van der Waals surface area contributed by atoms with Gasteiger partial charge in [0.05, 0.1) is 0 Å². The summed E-state index contributed by atoms with van der Waals surface area (Å²) in [6, 6.07) is 0. The van der Waals surface area contributed by atoms with Crippen LogP contribution in [-0.2, 0) is 0 Å². The molecule has 2 heteroatoms. The van der Waals surface area contributed by atoms with Gasteiger partial charge in [-0.05, 0) is 25.7 Å². The van der Waals surface area contributed by atoms with Crippen molar-refractivity contribution in [1.29, 1.82) is 0 Å². The van der Waals surface area contributed by atoms with Crippen molar-refractivity contribution in [3.8, 4) is 11.8 Å². The van der Waals surface area contributed by atoms with E-state index in [-0.39, 0.29) is 0 Å². The molecule has 0 aromatic heterocycles. The highest BCUT2D eigenvalue weighted by atomic mass is 14.7. The maximum Gasteiger partial charge on any atom is 0.109 e. The van der Waals surface area contributed by atoms with E-state index in [2.05, 4.69) is 35.0 Å². The predicted octanol–water partition coefficient (Wildman–Crippen LogP) is 3.31. The van der Waals surface area contributed by atoms with E-state index in [1.807, 2.05) is 26.0 Å². The highest BCUT2D eigenvalue weighted by Gasteiger charge is 1.85. The van der Waals surface area contributed by atoms with E-state index in [1.165, 1.54) is 0 Å².